The molecule has 3 aliphatic heterocycles. The lowest BCUT2D eigenvalue weighted by Crippen LogP contribution is -2.63. The van der Waals surface area contributed by atoms with E-state index in [0.29, 0.717) is 6.61 Å². The molecular formula is C12H20O6. The number of hydrogen-bond acceptors (Lipinski definition) is 6. The van der Waals surface area contributed by atoms with E-state index in [4.69, 9.17) is 23.7 Å². The molecule has 3 rings (SSSR count). The Kier molecular flexibility index (Phi) is 2.75. The van der Waals surface area contributed by atoms with E-state index in [1.54, 1.807) is 0 Å². The Balaban J connectivity index is 1.84. The first kappa shape index (κ1) is 12.8. The van der Waals surface area contributed by atoms with Gasteiger partial charge >= 0.3 is 0 Å². The summed E-state index contributed by atoms with van der Waals surface area (Å²) in [6.07, 6.45) is -2.48. The number of rotatable bonds is 0. The van der Waals surface area contributed by atoms with Gasteiger partial charge in [0, 0.05) is 0 Å². The normalized spacial score (nSPS) is 49.5. The summed E-state index contributed by atoms with van der Waals surface area (Å²) in [5, 5.41) is 9.94. The third-order valence-corrected chi connectivity index (χ3v) is 3.46. The molecule has 0 aliphatic carbocycles. The molecule has 0 radical (unpaired) electrons. The van der Waals surface area contributed by atoms with E-state index in [9.17, 15) is 5.11 Å². The van der Waals surface area contributed by atoms with Crippen LogP contribution in [0.4, 0.5) is 0 Å². The molecule has 0 amide bonds. The van der Waals surface area contributed by atoms with Crippen LogP contribution in [-0.2, 0) is 23.7 Å². The van der Waals surface area contributed by atoms with E-state index in [0.717, 1.165) is 0 Å². The molecule has 0 aromatic rings. The molecule has 3 heterocycles. The topological polar surface area (TPSA) is 66.4 Å². The Hall–Kier alpha value is -0.240. The molecule has 0 spiro atoms. The zero-order valence-electron chi connectivity index (χ0n) is 11.1. The van der Waals surface area contributed by atoms with Crippen LogP contribution in [-0.4, -0.2) is 54.0 Å². The van der Waals surface area contributed by atoms with Crippen LogP contribution in [0.2, 0.25) is 0 Å². The van der Waals surface area contributed by atoms with Gasteiger partial charge in [-0.2, -0.15) is 0 Å². The maximum Gasteiger partial charge on any atom is 0.184 e. The minimum absolute atomic E-state index is 0.288. The smallest absolute Gasteiger partial charge is 0.184 e. The predicted molar refractivity (Wildman–Crippen MR) is 59.6 cm³/mol. The fourth-order valence-electron chi connectivity index (χ4n) is 2.76. The van der Waals surface area contributed by atoms with Crippen molar-refractivity contribution in [3.8, 4) is 0 Å². The average Bonchev–Trinajstić information content (AvgIpc) is 2.56. The molecule has 0 saturated carbocycles. The van der Waals surface area contributed by atoms with Gasteiger partial charge in [-0.3, -0.25) is 0 Å². The molecule has 18 heavy (non-hydrogen) atoms. The number of hydrogen-bond donors (Lipinski definition) is 1. The molecule has 3 aliphatic rings. The third-order valence-electron chi connectivity index (χ3n) is 3.46. The van der Waals surface area contributed by atoms with Crippen molar-refractivity contribution in [1.82, 2.24) is 0 Å². The average molecular weight is 260 g/mol. The van der Waals surface area contributed by atoms with E-state index in [-0.39, 0.29) is 18.3 Å². The summed E-state index contributed by atoms with van der Waals surface area (Å²) in [6, 6.07) is 0. The second-order valence-corrected chi connectivity index (χ2v) is 5.92. The quantitative estimate of drug-likeness (QED) is 0.679. The summed E-state index contributed by atoms with van der Waals surface area (Å²) in [6.45, 7) is 7.71. The standard InChI is InChI=1S/C12H20O6/c1-11(2)14-5-6-7(16-11)8-9(10(13)15-6)18-12(3,4)17-8/h6-10,13H,5H2,1-4H3/t6?,7-,8?,9-,10?/m1/s1. The highest BCUT2D eigenvalue weighted by Crippen LogP contribution is 2.41. The fraction of sp³-hybridized carbons (Fsp3) is 1.00. The second-order valence-electron chi connectivity index (χ2n) is 5.92. The highest BCUT2D eigenvalue weighted by Gasteiger charge is 2.58. The largest absolute Gasteiger partial charge is 0.366 e. The molecule has 0 aromatic carbocycles. The van der Waals surface area contributed by atoms with Crippen molar-refractivity contribution >= 4 is 0 Å². The Bertz CT molecular complexity index is 341. The minimum Gasteiger partial charge on any atom is -0.366 e. The Labute approximate surface area is 106 Å². The van der Waals surface area contributed by atoms with Crippen molar-refractivity contribution in [3.05, 3.63) is 0 Å². The van der Waals surface area contributed by atoms with E-state index in [1.807, 2.05) is 27.7 Å². The van der Waals surface area contributed by atoms with Crippen LogP contribution in [0.1, 0.15) is 27.7 Å². The predicted octanol–water partition coefficient (Wildman–Crippen LogP) is 0.375. The molecule has 104 valence electrons. The first-order valence-electron chi connectivity index (χ1n) is 6.28. The molecular weight excluding hydrogens is 240 g/mol. The molecule has 1 N–H and O–H groups in total. The van der Waals surface area contributed by atoms with E-state index in [1.165, 1.54) is 0 Å². The van der Waals surface area contributed by atoms with Gasteiger partial charge < -0.3 is 28.8 Å². The molecule has 0 bridgehead atoms. The van der Waals surface area contributed by atoms with E-state index in [2.05, 4.69) is 0 Å². The lowest BCUT2D eigenvalue weighted by molar-refractivity contribution is -0.365. The van der Waals surface area contributed by atoms with Gasteiger partial charge in [0.15, 0.2) is 17.9 Å². The van der Waals surface area contributed by atoms with Gasteiger partial charge in [-0.05, 0) is 27.7 Å². The van der Waals surface area contributed by atoms with Crippen molar-refractivity contribution in [2.24, 2.45) is 0 Å². The highest BCUT2D eigenvalue weighted by atomic mass is 16.8. The van der Waals surface area contributed by atoms with Crippen LogP contribution >= 0.6 is 0 Å². The van der Waals surface area contributed by atoms with Crippen LogP contribution in [0.25, 0.3) is 0 Å². The summed E-state index contributed by atoms with van der Waals surface area (Å²) in [5.41, 5.74) is 0. The molecule has 5 atom stereocenters. The third kappa shape index (κ3) is 2.07. The van der Waals surface area contributed by atoms with Gasteiger partial charge in [-0.15, -0.1) is 0 Å². The molecule has 6 nitrogen and oxygen atoms in total. The van der Waals surface area contributed by atoms with Crippen molar-refractivity contribution in [3.63, 3.8) is 0 Å². The summed E-state index contributed by atoms with van der Waals surface area (Å²) in [5.74, 6) is -1.41. The molecule has 3 unspecified atom stereocenters. The van der Waals surface area contributed by atoms with Gasteiger partial charge in [0.05, 0.1) is 6.61 Å². The fourth-order valence-corrected chi connectivity index (χ4v) is 2.76. The molecule has 0 aromatic heterocycles. The first-order chi connectivity index (χ1) is 8.27. The number of aliphatic hydroxyl groups is 1. The van der Waals surface area contributed by atoms with Crippen LogP contribution in [0.5, 0.6) is 0 Å². The molecule has 6 heteroatoms. The monoisotopic (exact) mass is 260 g/mol. The Morgan fingerprint density at radius 3 is 2.22 bits per heavy atom. The van der Waals surface area contributed by atoms with Gasteiger partial charge in [-0.25, -0.2) is 0 Å². The van der Waals surface area contributed by atoms with Crippen molar-refractivity contribution in [2.75, 3.05) is 6.61 Å². The molecule has 3 fully saturated rings. The zero-order valence-corrected chi connectivity index (χ0v) is 11.1. The summed E-state index contributed by atoms with van der Waals surface area (Å²) >= 11 is 0. The zero-order chi connectivity index (χ0) is 13.1. The van der Waals surface area contributed by atoms with Crippen LogP contribution in [0.3, 0.4) is 0 Å². The summed E-state index contributed by atoms with van der Waals surface area (Å²) in [7, 11) is 0. The number of ether oxygens (including phenoxy) is 5. The Morgan fingerprint density at radius 2 is 1.50 bits per heavy atom. The van der Waals surface area contributed by atoms with E-state index < -0.39 is 24.0 Å². The van der Waals surface area contributed by atoms with Gasteiger partial charge in [0.25, 0.3) is 0 Å². The number of fused-ring (bicyclic) bond motifs is 3. The maximum absolute atomic E-state index is 9.94. The summed E-state index contributed by atoms with van der Waals surface area (Å²) in [4.78, 5) is 0. The molecule has 3 saturated heterocycles. The second kappa shape index (κ2) is 3.88. The Morgan fingerprint density at radius 1 is 0.889 bits per heavy atom. The van der Waals surface area contributed by atoms with Crippen LogP contribution < -0.4 is 0 Å². The lowest BCUT2D eigenvalue weighted by Gasteiger charge is -2.47. The highest BCUT2D eigenvalue weighted by molar-refractivity contribution is 4.98. The SMILES string of the molecule is CC1(C)OCC2OC(O)[C@@H]3OC(C)(C)OC3[C@@H]2O1. The first-order valence-corrected chi connectivity index (χ1v) is 6.28. The van der Waals surface area contributed by atoms with Crippen LogP contribution in [0, 0.1) is 0 Å². The number of aliphatic hydroxyl groups excluding tert-OH is 1. The maximum atomic E-state index is 9.94. The minimum atomic E-state index is -1.01. The van der Waals surface area contributed by atoms with Crippen molar-refractivity contribution in [2.45, 2.75) is 70.0 Å². The van der Waals surface area contributed by atoms with Crippen LogP contribution in [0.15, 0.2) is 0 Å². The van der Waals surface area contributed by atoms with Gasteiger partial charge in [-0.1, -0.05) is 0 Å². The van der Waals surface area contributed by atoms with E-state index >= 15 is 0 Å². The van der Waals surface area contributed by atoms with Gasteiger partial charge in [0.2, 0.25) is 0 Å². The van der Waals surface area contributed by atoms with Crippen molar-refractivity contribution < 1.29 is 28.8 Å². The lowest BCUT2D eigenvalue weighted by atomic mass is 9.98. The van der Waals surface area contributed by atoms with Gasteiger partial charge in [0.1, 0.15) is 24.4 Å². The summed E-state index contributed by atoms with van der Waals surface area (Å²) < 4.78 is 28.4. The van der Waals surface area contributed by atoms with Crippen molar-refractivity contribution in [1.29, 1.82) is 0 Å².